The number of para-hydroxylation sites is 1. The van der Waals surface area contributed by atoms with Crippen LogP contribution in [0.4, 0.5) is 11.4 Å². The Kier molecular flexibility index (Phi) is 5.84. The Hall–Kier alpha value is -2.95. The molecular formula is C19H20N2O3. The van der Waals surface area contributed by atoms with Crippen LogP contribution in [0.3, 0.4) is 0 Å². The van der Waals surface area contributed by atoms with E-state index in [1.165, 1.54) is 6.92 Å². The summed E-state index contributed by atoms with van der Waals surface area (Å²) in [5.74, 6) is -0.812. The normalized spacial score (nSPS) is 10.1. The molecule has 5 heteroatoms. The summed E-state index contributed by atoms with van der Waals surface area (Å²) in [6.07, 6.45) is 0.525. The quantitative estimate of drug-likeness (QED) is 0.631. The van der Waals surface area contributed by atoms with Crippen LogP contribution in [0, 0.1) is 0 Å². The van der Waals surface area contributed by atoms with Gasteiger partial charge in [-0.1, -0.05) is 25.1 Å². The Morgan fingerprint density at radius 2 is 1.50 bits per heavy atom. The maximum atomic E-state index is 12.0. The third kappa shape index (κ3) is 4.78. The number of hydrogen-bond acceptors (Lipinski definition) is 3. The van der Waals surface area contributed by atoms with Crippen molar-refractivity contribution in [2.45, 2.75) is 26.7 Å². The zero-order chi connectivity index (χ0) is 17.5. The zero-order valence-corrected chi connectivity index (χ0v) is 13.8. The second kappa shape index (κ2) is 8.06. The van der Waals surface area contributed by atoms with E-state index < -0.39 is 5.91 Å². The summed E-state index contributed by atoms with van der Waals surface area (Å²) in [5, 5.41) is 5.40. The first-order valence-corrected chi connectivity index (χ1v) is 7.78. The number of amides is 2. The van der Waals surface area contributed by atoms with Gasteiger partial charge in [-0.2, -0.15) is 0 Å². The molecule has 0 saturated heterocycles. The number of ketones is 1. The number of rotatable bonds is 6. The number of carbonyl (C=O) groups is 3. The maximum Gasteiger partial charge on any atom is 0.233 e. The maximum absolute atomic E-state index is 12.0. The van der Waals surface area contributed by atoms with Crippen LogP contribution in [-0.2, 0) is 16.0 Å². The molecule has 0 aliphatic heterocycles. The molecule has 0 bridgehead atoms. The fourth-order valence-corrected chi connectivity index (χ4v) is 2.28. The first kappa shape index (κ1) is 17.4. The molecule has 2 amide bonds. The van der Waals surface area contributed by atoms with Gasteiger partial charge in [-0.15, -0.1) is 0 Å². The van der Waals surface area contributed by atoms with E-state index in [1.807, 2.05) is 31.2 Å². The number of carbonyl (C=O) groups excluding carboxylic acids is 3. The van der Waals surface area contributed by atoms with Crippen molar-refractivity contribution in [1.29, 1.82) is 0 Å². The molecule has 0 aliphatic carbocycles. The summed E-state index contributed by atoms with van der Waals surface area (Å²) in [5.41, 5.74) is 2.86. The first-order valence-electron chi connectivity index (χ1n) is 7.78. The van der Waals surface area contributed by atoms with Crippen LogP contribution >= 0.6 is 0 Å². The Morgan fingerprint density at radius 1 is 0.875 bits per heavy atom. The highest BCUT2D eigenvalue weighted by atomic mass is 16.2. The van der Waals surface area contributed by atoms with Crippen LogP contribution in [-0.4, -0.2) is 17.6 Å². The van der Waals surface area contributed by atoms with Crippen LogP contribution in [0.25, 0.3) is 0 Å². The predicted molar refractivity (Wildman–Crippen MR) is 94.1 cm³/mol. The number of Topliss-reactive ketones (excluding diaryl/α,β-unsaturated/α-hetero) is 1. The standard InChI is InChI=1S/C19H20N2O3/c1-3-14-6-4-5-7-17(14)21-19(24)12-18(23)20-16-10-8-15(9-11-16)13(2)22/h4-11H,3,12H2,1-2H3,(H,20,23)(H,21,24). The van der Waals surface area contributed by atoms with E-state index in [2.05, 4.69) is 10.6 Å². The summed E-state index contributed by atoms with van der Waals surface area (Å²) in [6.45, 7) is 3.48. The van der Waals surface area contributed by atoms with Gasteiger partial charge in [0.25, 0.3) is 0 Å². The SMILES string of the molecule is CCc1ccccc1NC(=O)CC(=O)Nc1ccc(C(C)=O)cc1. The highest BCUT2D eigenvalue weighted by Crippen LogP contribution is 2.16. The molecule has 124 valence electrons. The number of nitrogens with one attached hydrogen (secondary N) is 2. The molecule has 2 aromatic carbocycles. The topological polar surface area (TPSA) is 75.3 Å². The monoisotopic (exact) mass is 324 g/mol. The lowest BCUT2D eigenvalue weighted by Gasteiger charge is -2.10. The number of benzene rings is 2. The molecule has 0 aliphatic rings. The smallest absolute Gasteiger partial charge is 0.233 e. The zero-order valence-electron chi connectivity index (χ0n) is 13.8. The first-order chi connectivity index (χ1) is 11.5. The van der Waals surface area contributed by atoms with Crippen molar-refractivity contribution < 1.29 is 14.4 Å². The van der Waals surface area contributed by atoms with Crippen LogP contribution in [0.5, 0.6) is 0 Å². The van der Waals surface area contributed by atoms with Crippen LogP contribution in [0.1, 0.15) is 36.2 Å². The minimum absolute atomic E-state index is 0.0400. The largest absolute Gasteiger partial charge is 0.326 e. The van der Waals surface area contributed by atoms with Gasteiger partial charge >= 0.3 is 0 Å². The van der Waals surface area contributed by atoms with Gasteiger partial charge in [-0.05, 0) is 49.2 Å². The minimum atomic E-state index is -0.406. The molecule has 0 aromatic heterocycles. The average Bonchev–Trinajstić information content (AvgIpc) is 2.55. The van der Waals surface area contributed by atoms with E-state index in [4.69, 9.17) is 0 Å². The second-order valence-corrected chi connectivity index (χ2v) is 5.42. The summed E-state index contributed by atoms with van der Waals surface area (Å²) >= 11 is 0. The lowest BCUT2D eigenvalue weighted by Crippen LogP contribution is -2.21. The van der Waals surface area contributed by atoms with Crippen LogP contribution < -0.4 is 10.6 Å². The summed E-state index contributed by atoms with van der Waals surface area (Å²) in [6, 6.07) is 14.0. The van der Waals surface area contributed by atoms with E-state index in [0.29, 0.717) is 11.3 Å². The summed E-state index contributed by atoms with van der Waals surface area (Å²) in [4.78, 5) is 35.2. The third-order valence-electron chi connectivity index (χ3n) is 3.57. The number of hydrogen-bond donors (Lipinski definition) is 2. The van der Waals surface area contributed by atoms with E-state index in [1.54, 1.807) is 24.3 Å². The molecule has 0 saturated carbocycles. The molecule has 24 heavy (non-hydrogen) atoms. The van der Waals surface area contributed by atoms with Gasteiger partial charge in [0.05, 0.1) is 0 Å². The van der Waals surface area contributed by atoms with E-state index in [-0.39, 0.29) is 18.1 Å². The van der Waals surface area contributed by atoms with Crippen molar-refractivity contribution in [3.8, 4) is 0 Å². The summed E-state index contributed by atoms with van der Waals surface area (Å²) < 4.78 is 0. The molecule has 2 N–H and O–H groups in total. The van der Waals surface area contributed by atoms with Gasteiger partial charge in [0.15, 0.2) is 5.78 Å². The molecule has 2 rings (SSSR count). The Morgan fingerprint density at radius 3 is 2.12 bits per heavy atom. The van der Waals surface area contributed by atoms with Crippen molar-refractivity contribution in [2.24, 2.45) is 0 Å². The minimum Gasteiger partial charge on any atom is -0.326 e. The van der Waals surface area contributed by atoms with E-state index in [0.717, 1.165) is 17.7 Å². The van der Waals surface area contributed by atoms with Gasteiger partial charge in [-0.3, -0.25) is 14.4 Å². The lowest BCUT2D eigenvalue weighted by atomic mass is 10.1. The summed E-state index contributed by atoms with van der Waals surface area (Å²) in [7, 11) is 0. The predicted octanol–water partition coefficient (Wildman–Crippen LogP) is 3.42. The van der Waals surface area contributed by atoms with Crippen LogP contribution in [0.15, 0.2) is 48.5 Å². The van der Waals surface area contributed by atoms with Crippen molar-refractivity contribution in [3.05, 3.63) is 59.7 Å². The molecule has 0 fully saturated rings. The lowest BCUT2D eigenvalue weighted by molar-refractivity contribution is -0.123. The fourth-order valence-electron chi connectivity index (χ4n) is 2.28. The Balaban J connectivity index is 1.92. The molecule has 2 aromatic rings. The Labute approximate surface area is 141 Å². The van der Waals surface area contributed by atoms with Gasteiger partial charge < -0.3 is 10.6 Å². The van der Waals surface area contributed by atoms with Crippen molar-refractivity contribution in [2.75, 3.05) is 10.6 Å². The highest BCUT2D eigenvalue weighted by molar-refractivity contribution is 6.08. The van der Waals surface area contributed by atoms with E-state index >= 15 is 0 Å². The van der Waals surface area contributed by atoms with Crippen molar-refractivity contribution >= 4 is 29.0 Å². The molecule has 0 radical (unpaired) electrons. The molecule has 0 spiro atoms. The van der Waals surface area contributed by atoms with Gasteiger partial charge in [-0.25, -0.2) is 0 Å². The highest BCUT2D eigenvalue weighted by Gasteiger charge is 2.11. The number of anilines is 2. The number of aryl methyl sites for hydroxylation is 1. The van der Waals surface area contributed by atoms with E-state index in [9.17, 15) is 14.4 Å². The van der Waals surface area contributed by atoms with Crippen molar-refractivity contribution in [1.82, 2.24) is 0 Å². The van der Waals surface area contributed by atoms with Gasteiger partial charge in [0.1, 0.15) is 6.42 Å². The molecule has 5 nitrogen and oxygen atoms in total. The molecule has 0 atom stereocenters. The van der Waals surface area contributed by atoms with Crippen molar-refractivity contribution in [3.63, 3.8) is 0 Å². The van der Waals surface area contributed by atoms with Crippen LogP contribution in [0.2, 0.25) is 0 Å². The molecular weight excluding hydrogens is 304 g/mol. The second-order valence-electron chi connectivity index (χ2n) is 5.42. The van der Waals surface area contributed by atoms with Gasteiger partial charge in [0, 0.05) is 16.9 Å². The fraction of sp³-hybridized carbons (Fsp3) is 0.211. The average molecular weight is 324 g/mol. The molecule has 0 heterocycles. The van der Waals surface area contributed by atoms with Gasteiger partial charge in [0.2, 0.25) is 11.8 Å². The third-order valence-corrected chi connectivity index (χ3v) is 3.57. The Bertz CT molecular complexity index is 751. The molecule has 0 unspecified atom stereocenters.